The first kappa shape index (κ1) is 22.1. The third-order valence-electron chi connectivity index (χ3n) is 1.64. The van der Waals surface area contributed by atoms with Crippen molar-refractivity contribution in [2.24, 2.45) is 0 Å². The Morgan fingerprint density at radius 1 is 0.789 bits per heavy atom. The molecule has 4 N–H and O–H groups in total. The number of nitrogens with zero attached hydrogens (tertiary/aromatic N) is 3. The van der Waals surface area contributed by atoms with Gasteiger partial charge in [-0.3, -0.25) is 30.3 Å². The van der Waals surface area contributed by atoms with Gasteiger partial charge in [0.25, 0.3) is 17.1 Å². The van der Waals surface area contributed by atoms with Gasteiger partial charge in [-0.1, -0.05) is 0 Å². The molecule has 0 atom stereocenters. The summed E-state index contributed by atoms with van der Waals surface area (Å²) < 4.78 is 0. The summed E-state index contributed by atoms with van der Waals surface area (Å²) in [5.41, 5.74) is -3.26. The first-order valence-corrected chi connectivity index (χ1v) is 3.63. The molecule has 0 aliphatic carbocycles. The minimum atomic E-state index is -1.46. The van der Waals surface area contributed by atoms with Crippen LogP contribution in [-0.2, 0) is 22.4 Å². The number of nitro benzene ring substituents is 3. The molecule has 0 amide bonds. The van der Waals surface area contributed by atoms with Crippen LogP contribution in [0.2, 0.25) is 0 Å². The summed E-state index contributed by atoms with van der Waals surface area (Å²) >= 11 is 0. The molecular weight excluding hydrogens is 362 g/mol. The molecule has 0 saturated carbocycles. The van der Waals surface area contributed by atoms with Gasteiger partial charge in [0, 0.05) is 0 Å². The van der Waals surface area contributed by atoms with Crippen LogP contribution in [0.15, 0.2) is 12.1 Å². The monoisotopic (exact) mass is 367 g/mol. The summed E-state index contributed by atoms with van der Waals surface area (Å²) in [5.74, 6) is -1.46. The van der Waals surface area contributed by atoms with Crippen LogP contribution in [0.25, 0.3) is 12.3 Å². The average molecular weight is 368 g/mol. The third-order valence-corrected chi connectivity index (χ3v) is 1.64. The summed E-state index contributed by atoms with van der Waals surface area (Å²) in [4.78, 5) is 27.5. The van der Waals surface area contributed by atoms with Gasteiger partial charge in [-0.05, 0) is 0 Å². The second-order valence-corrected chi connectivity index (χ2v) is 2.58. The van der Waals surface area contributed by atoms with Crippen LogP contribution in [0, 0.1) is 30.3 Å². The van der Waals surface area contributed by atoms with Crippen LogP contribution in [0.3, 0.4) is 0 Å². The van der Waals surface area contributed by atoms with Gasteiger partial charge in [-0.2, -0.15) is 0 Å². The Kier molecular flexibility index (Phi) is 9.38. The summed E-state index contributed by atoms with van der Waals surface area (Å²) in [6.07, 6.45) is 0. The standard InChI is InChI=1S/C6H3N3O7.Ag.2H2N/c10-6-4(8(13)14)1-3(7(11)12)2-5(6)9(15)16;;;/h1-2,10H;;2*1H2/q;+1;2*-1/p-1. The molecule has 0 aliphatic rings. The van der Waals surface area contributed by atoms with Crippen LogP contribution in [-0.4, -0.2) is 14.8 Å². The Labute approximate surface area is 120 Å². The molecule has 0 fully saturated rings. The third kappa shape index (κ3) is 4.57. The van der Waals surface area contributed by atoms with E-state index in [1.54, 1.807) is 0 Å². The maximum absolute atomic E-state index is 11.1. The van der Waals surface area contributed by atoms with Gasteiger partial charge in [-0.25, -0.2) is 0 Å². The molecule has 0 aromatic heterocycles. The molecule has 1 aromatic rings. The smallest absolute Gasteiger partial charge is 0.863 e. The van der Waals surface area contributed by atoms with E-state index in [0.29, 0.717) is 12.1 Å². The van der Waals surface area contributed by atoms with Crippen molar-refractivity contribution in [2.75, 3.05) is 0 Å². The zero-order valence-corrected chi connectivity index (χ0v) is 10.3. The molecule has 0 unspecified atom stereocenters. The van der Waals surface area contributed by atoms with Crippen LogP contribution in [0.4, 0.5) is 17.1 Å². The number of hydrogen-bond acceptors (Lipinski definition) is 7. The second-order valence-electron chi connectivity index (χ2n) is 2.58. The molecule has 1 rings (SSSR count). The first-order chi connectivity index (χ1) is 7.34. The van der Waals surface area contributed by atoms with Crippen molar-refractivity contribution in [1.82, 2.24) is 0 Å². The van der Waals surface area contributed by atoms with Crippen molar-refractivity contribution in [3.05, 3.63) is 54.8 Å². The number of nitrogens with two attached hydrogens (primary N) is 2. The van der Waals surface area contributed by atoms with Gasteiger partial charge < -0.3 is 17.4 Å². The summed E-state index contributed by atoms with van der Waals surface area (Å²) in [6.45, 7) is 0. The molecule has 0 radical (unpaired) electrons. The van der Waals surface area contributed by atoms with E-state index in [4.69, 9.17) is 0 Å². The van der Waals surface area contributed by atoms with Crippen molar-refractivity contribution in [3.8, 4) is 5.75 Å². The molecule has 1 aromatic carbocycles. The van der Waals surface area contributed by atoms with Gasteiger partial charge in [-0.15, -0.1) is 0 Å². The average Bonchev–Trinajstić information content (AvgIpc) is 2.16. The van der Waals surface area contributed by atoms with Crippen molar-refractivity contribution in [1.29, 1.82) is 0 Å². The maximum atomic E-state index is 11.1. The van der Waals surface area contributed by atoms with E-state index in [1.807, 2.05) is 0 Å². The van der Waals surface area contributed by atoms with Gasteiger partial charge in [0.2, 0.25) is 0 Å². The fraction of sp³-hybridized carbons (Fsp3) is 0. The fourth-order valence-electron chi connectivity index (χ4n) is 0.961. The minimum absolute atomic E-state index is 0. The quantitative estimate of drug-likeness (QED) is 0.437. The zero-order valence-electron chi connectivity index (χ0n) is 8.81. The Morgan fingerprint density at radius 3 is 1.32 bits per heavy atom. The Morgan fingerprint density at radius 2 is 1.11 bits per heavy atom. The molecule has 110 valence electrons. The molecule has 0 spiro atoms. The minimum Gasteiger partial charge on any atom is -0.863 e. The van der Waals surface area contributed by atoms with Crippen molar-refractivity contribution < 1.29 is 42.3 Å². The number of benzene rings is 1. The summed E-state index contributed by atoms with van der Waals surface area (Å²) in [7, 11) is 0. The van der Waals surface area contributed by atoms with E-state index in [1.165, 1.54) is 0 Å². The Balaban J connectivity index is -0.000000853. The van der Waals surface area contributed by atoms with Crippen molar-refractivity contribution in [2.45, 2.75) is 0 Å². The first-order valence-electron chi connectivity index (χ1n) is 3.63. The zero-order chi connectivity index (χ0) is 12.5. The van der Waals surface area contributed by atoms with Gasteiger partial charge in [0.05, 0.1) is 32.7 Å². The van der Waals surface area contributed by atoms with E-state index in [9.17, 15) is 35.4 Å². The van der Waals surface area contributed by atoms with Crippen LogP contribution in [0.1, 0.15) is 0 Å². The number of hydrogen-bond donors (Lipinski definition) is 0. The molecule has 13 heteroatoms. The number of nitro groups is 3. The van der Waals surface area contributed by atoms with Gasteiger partial charge in [0.15, 0.2) is 0 Å². The van der Waals surface area contributed by atoms with E-state index in [-0.39, 0.29) is 34.7 Å². The predicted molar refractivity (Wildman–Crippen MR) is 56.4 cm³/mol. The van der Waals surface area contributed by atoms with Crippen LogP contribution < -0.4 is 5.11 Å². The van der Waals surface area contributed by atoms with Crippen molar-refractivity contribution in [3.63, 3.8) is 0 Å². The molecule has 0 heterocycles. The van der Waals surface area contributed by atoms with Crippen molar-refractivity contribution >= 4 is 17.1 Å². The topological polar surface area (TPSA) is 219 Å². The Hall–Kier alpha value is -2.12. The normalized spacial score (nSPS) is 8.21. The summed E-state index contributed by atoms with van der Waals surface area (Å²) in [5, 5.41) is 42.1. The van der Waals surface area contributed by atoms with Gasteiger partial charge >= 0.3 is 22.4 Å². The number of rotatable bonds is 3. The molecule has 0 saturated heterocycles. The molecular formula is C6H6AgN5O7-2. The molecule has 12 nitrogen and oxygen atoms in total. The van der Waals surface area contributed by atoms with E-state index < -0.39 is 37.6 Å². The van der Waals surface area contributed by atoms with E-state index in [0.717, 1.165) is 0 Å². The molecule has 19 heavy (non-hydrogen) atoms. The molecule has 0 aliphatic heterocycles. The predicted octanol–water partition coefficient (Wildman–Crippen LogP) is 1.92. The van der Waals surface area contributed by atoms with E-state index >= 15 is 0 Å². The van der Waals surface area contributed by atoms with Crippen LogP contribution in [0.5, 0.6) is 5.75 Å². The number of non-ortho nitro benzene ring substituents is 1. The Bertz CT molecular complexity index is 472. The largest absolute Gasteiger partial charge is 1.00 e. The second kappa shape index (κ2) is 8.07. The van der Waals surface area contributed by atoms with Gasteiger partial charge in [0.1, 0.15) is 0 Å². The fourth-order valence-corrected chi connectivity index (χ4v) is 0.961. The van der Waals surface area contributed by atoms with E-state index in [2.05, 4.69) is 0 Å². The summed E-state index contributed by atoms with van der Waals surface area (Å²) in [6, 6.07) is 0.769. The molecule has 0 bridgehead atoms. The SMILES string of the molecule is O=[N+]([O-])c1cc([N+](=O)[O-])c([O-])c([N+](=O)[O-])c1.[Ag+].[NH2-].[NH2-]. The maximum Gasteiger partial charge on any atom is 1.00 e. The van der Waals surface area contributed by atoms with Crippen LogP contribution >= 0.6 is 0 Å².